The van der Waals surface area contributed by atoms with Crippen LogP contribution in [0.4, 0.5) is 5.69 Å². The van der Waals surface area contributed by atoms with Gasteiger partial charge in [0, 0.05) is 29.7 Å². The molecule has 1 heterocycles. The van der Waals surface area contributed by atoms with E-state index >= 15 is 0 Å². The van der Waals surface area contributed by atoms with E-state index in [9.17, 15) is 13.8 Å². The van der Waals surface area contributed by atoms with Crippen molar-refractivity contribution in [1.29, 1.82) is 0 Å². The minimum Gasteiger partial charge on any atom is -0.352 e. The van der Waals surface area contributed by atoms with Crippen molar-refractivity contribution in [1.82, 2.24) is 15.6 Å². The van der Waals surface area contributed by atoms with Gasteiger partial charge in [-0.15, -0.1) is 0 Å². The highest BCUT2D eigenvalue weighted by Crippen LogP contribution is 2.34. The molecule has 218 valence electrons. The lowest BCUT2D eigenvalue weighted by Crippen LogP contribution is -2.43. The van der Waals surface area contributed by atoms with Gasteiger partial charge >= 0.3 is 0 Å². The first-order chi connectivity index (χ1) is 19.8. The summed E-state index contributed by atoms with van der Waals surface area (Å²) in [4.78, 5) is 30.2. The van der Waals surface area contributed by atoms with Gasteiger partial charge in [0.05, 0.1) is 31.8 Å². The topological polar surface area (TPSA) is 81.8 Å². The average Bonchev–Trinajstić information content (AvgIpc) is 3.07. The maximum Gasteiger partial charge on any atom is 0.273 e. The van der Waals surface area contributed by atoms with Crippen LogP contribution in [-0.4, -0.2) is 47.1 Å². The van der Waals surface area contributed by atoms with Crippen LogP contribution in [0.25, 0.3) is 0 Å². The molecule has 2 amide bonds. The van der Waals surface area contributed by atoms with Crippen LogP contribution in [-0.2, 0) is 17.3 Å². The Morgan fingerprint density at radius 2 is 1.83 bits per heavy atom. The summed E-state index contributed by atoms with van der Waals surface area (Å²) in [5.74, 6) is -0.577. The number of nitrogens with one attached hydrogen (secondary N) is 2. The smallest absolute Gasteiger partial charge is 0.273 e. The van der Waals surface area contributed by atoms with Crippen molar-refractivity contribution in [3.63, 3.8) is 0 Å². The van der Waals surface area contributed by atoms with Gasteiger partial charge in [0.2, 0.25) is 0 Å². The van der Waals surface area contributed by atoms with E-state index in [0.717, 1.165) is 24.9 Å². The molecule has 0 bridgehead atoms. The molecule has 1 aliphatic heterocycles. The molecule has 0 fully saturated rings. The summed E-state index contributed by atoms with van der Waals surface area (Å²) in [6.07, 6.45) is 5.56. The molecule has 0 spiro atoms. The molecule has 1 aliphatic rings. The molecule has 0 saturated heterocycles. The van der Waals surface area contributed by atoms with Crippen LogP contribution in [0.2, 0.25) is 5.02 Å². The van der Waals surface area contributed by atoms with Crippen LogP contribution in [0.1, 0.15) is 72.2 Å². The van der Waals surface area contributed by atoms with Gasteiger partial charge in [0.15, 0.2) is 0 Å². The van der Waals surface area contributed by atoms with Crippen molar-refractivity contribution in [3.05, 3.63) is 88.4 Å². The first-order valence-corrected chi connectivity index (χ1v) is 15.8. The zero-order valence-corrected chi connectivity index (χ0v) is 25.6. The first-order valence-electron chi connectivity index (χ1n) is 14.3. The van der Waals surface area contributed by atoms with Crippen molar-refractivity contribution in [3.8, 4) is 0 Å². The van der Waals surface area contributed by atoms with Gasteiger partial charge in [-0.25, -0.2) is 14.6 Å². The molecule has 0 radical (unpaired) electrons. The summed E-state index contributed by atoms with van der Waals surface area (Å²) in [6, 6.07) is 19.8. The molecule has 0 aromatic heterocycles. The minimum atomic E-state index is -1.60. The second-order valence-corrected chi connectivity index (χ2v) is 12.2. The molecule has 7 nitrogen and oxygen atoms in total. The Balaban J connectivity index is 1.52. The van der Waals surface area contributed by atoms with E-state index in [4.69, 9.17) is 11.6 Å². The molecule has 0 aliphatic carbocycles. The fourth-order valence-electron chi connectivity index (χ4n) is 5.11. The summed E-state index contributed by atoms with van der Waals surface area (Å²) < 4.78 is 13.6. The lowest BCUT2D eigenvalue weighted by Gasteiger charge is -2.27. The van der Waals surface area contributed by atoms with Gasteiger partial charge in [0.25, 0.3) is 11.8 Å². The number of hydrogen-bond acceptors (Lipinski definition) is 5. The first kappa shape index (κ1) is 30.9. The van der Waals surface area contributed by atoms with Crippen LogP contribution in [0, 0.1) is 0 Å². The van der Waals surface area contributed by atoms with E-state index in [-0.39, 0.29) is 11.8 Å². The monoisotopic (exact) mass is 594 g/mol. The predicted octanol–water partition coefficient (Wildman–Crippen LogP) is 6.19. The van der Waals surface area contributed by atoms with Crippen molar-refractivity contribution in [2.24, 2.45) is 0 Å². The van der Waals surface area contributed by atoms with E-state index in [1.54, 1.807) is 48.5 Å². The molecule has 3 aromatic rings. The summed E-state index contributed by atoms with van der Waals surface area (Å²) in [5.41, 5.74) is 5.20. The third-order valence-corrected chi connectivity index (χ3v) is 9.21. The number of fused-ring (bicyclic) bond motifs is 2. The van der Waals surface area contributed by atoms with E-state index < -0.39 is 10.8 Å². The summed E-state index contributed by atoms with van der Waals surface area (Å²) in [7, 11) is 0.548. The van der Waals surface area contributed by atoms with Gasteiger partial charge in [-0.2, -0.15) is 0 Å². The Labute approximate surface area is 250 Å². The highest BCUT2D eigenvalue weighted by molar-refractivity contribution is 7.85. The molecule has 4 rings (SSSR count). The minimum absolute atomic E-state index is 0.233. The van der Waals surface area contributed by atoms with Crippen molar-refractivity contribution < 1.29 is 13.8 Å². The van der Waals surface area contributed by atoms with Gasteiger partial charge in [-0.3, -0.25) is 9.59 Å². The van der Waals surface area contributed by atoms with Crippen LogP contribution >= 0.6 is 11.6 Å². The standard InChI is InChI=1S/C32H39ClN4O3S/c1-4-6-13-26(5-2)36(3)19-10-18-34-31(38)24-16-17-30-28(21-24)37(35-22-23-11-9-12-25(33)20-23)32(39)27-14-7-8-15-29(27)41(30)40/h7-9,11-12,14-17,20-21,26,35H,4-6,10,13,18-19,22H2,1-3H3,(H,34,38). The Bertz CT molecular complexity index is 1400. The fourth-order valence-corrected chi connectivity index (χ4v) is 6.65. The molecular formula is C32H39ClN4O3S. The van der Waals surface area contributed by atoms with E-state index in [2.05, 4.69) is 36.5 Å². The molecule has 0 saturated carbocycles. The summed E-state index contributed by atoms with van der Waals surface area (Å²) in [6.45, 7) is 6.19. The largest absolute Gasteiger partial charge is 0.352 e. The number of hydrazine groups is 1. The molecule has 2 atom stereocenters. The number of benzene rings is 3. The summed E-state index contributed by atoms with van der Waals surface area (Å²) in [5, 5.41) is 5.00. The van der Waals surface area contributed by atoms with Crippen molar-refractivity contribution in [2.75, 3.05) is 25.1 Å². The zero-order chi connectivity index (χ0) is 29.4. The number of unbranched alkanes of at least 4 members (excludes halogenated alkanes) is 1. The average molecular weight is 595 g/mol. The van der Waals surface area contributed by atoms with Gasteiger partial charge in [-0.1, -0.05) is 62.6 Å². The lowest BCUT2D eigenvalue weighted by molar-refractivity contribution is 0.0945. The molecule has 2 N–H and O–H groups in total. The third kappa shape index (κ3) is 7.63. The number of anilines is 1. The van der Waals surface area contributed by atoms with E-state index in [1.165, 1.54) is 24.3 Å². The van der Waals surface area contributed by atoms with Crippen LogP contribution in [0.15, 0.2) is 76.5 Å². The number of amides is 2. The van der Waals surface area contributed by atoms with Crippen molar-refractivity contribution in [2.45, 2.75) is 68.3 Å². The molecule has 2 unspecified atom stereocenters. The maximum absolute atomic E-state index is 13.7. The quantitative estimate of drug-likeness (QED) is 0.231. The predicted molar refractivity (Wildman–Crippen MR) is 166 cm³/mol. The number of carbonyl (C=O) groups excluding carboxylic acids is 2. The second kappa shape index (κ2) is 14.7. The van der Waals surface area contributed by atoms with Gasteiger partial charge in [-0.05, 0) is 80.9 Å². The molecular weight excluding hydrogens is 556 g/mol. The molecule has 41 heavy (non-hydrogen) atoms. The molecule has 9 heteroatoms. The maximum atomic E-state index is 13.7. The Morgan fingerprint density at radius 1 is 1.02 bits per heavy atom. The highest BCUT2D eigenvalue weighted by Gasteiger charge is 2.31. The Hall–Kier alpha value is -3.04. The third-order valence-electron chi connectivity index (χ3n) is 7.47. The normalized spacial score (nSPS) is 15.3. The fraction of sp³-hybridized carbons (Fsp3) is 0.375. The Morgan fingerprint density at radius 3 is 2.59 bits per heavy atom. The van der Waals surface area contributed by atoms with Crippen LogP contribution in [0.3, 0.4) is 0 Å². The van der Waals surface area contributed by atoms with Crippen molar-refractivity contribution >= 4 is 39.9 Å². The Kier molecular flexibility index (Phi) is 11.1. The van der Waals surface area contributed by atoms with E-state index in [1.807, 2.05) is 18.2 Å². The summed E-state index contributed by atoms with van der Waals surface area (Å²) >= 11 is 6.16. The van der Waals surface area contributed by atoms with Crippen LogP contribution < -0.4 is 15.8 Å². The van der Waals surface area contributed by atoms with Gasteiger partial charge in [0.1, 0.15) is 0 Å². The number of nitrogens with zero attached hydrogens (tertiary/aromatic N) is 2. The number of carbonyl (C=O) groups is 2. The number of hydrogen-bond donors (Lipinski definition) is 2. The lowest BCUT2D eigenvalue weighted by atomic mass is 10.1. The van der Waals surface area contributed by atoms with E-state index in [0.29, 0.717) is 50.8 Å². The number of rotatable bonds is 13. The number of halogens is 1. The SMILES string of the molecule is CCCCC(CC)N(C)CCCNC(=O)c1ccc2c(c1)N(NCc1cccc(Cl)c1)C(=O)c1ccccc1S2=O. The van der Waals surface area contributed by atoms with Crippen LogP contribution in [0.5, 0.6) is 0 Å². The van der Waals surface area contributed by atoms with Gasteiger partial charge < -0.3 is 10.2 Å². The highest BCUT2D eigenvalue weighted by atomic mass is 35.5. The molecule has 3 aromatic carbocycles. The second-order valence-electron chi connectivity index (χ2n) is 10.3. The zero-order valence-electron chi connectivity index (χ0n) is 24.0.